The fourth-order valence-electron chi connectivity index (χ4n) is 0.862. The van der Waals surface area contributed by atoms with Gasteiger partial charge in [0.15, 0.2) is 5.76 Å². The summed E-state index contributed by atoms with van der Waals surface area (Å²) < 4.78 is 4.91. The number of hydrogen-bond acceptors (Lipinski definition) is 4. The molecule has 0 fully saturated rings. The molecule has 3 nitrogen and oxygen atoms in total. The summed E-state index contributed by atoms with van der Waals surface area (Å²) in [7, 11) is 0. The molecule has 2 rings (SSSR count). The molecule has 0 radical (unpaired) electrons. The maximum Gasteiger partial charge on any atom is 0.336 e. The second-order valence-electron chi connectivity index (χ2n) is 2.18. The van der Waals surface area contributed by atoms with E-state index < -0.39 is 0 Å². The second-order valence-corrected chi connectivity index (χ2v) is 2.90. The van der Waals surface area contributed by atoms with Crippen LogP contribution in [0.3, 0.4) is 0 Å². The largest absolute Gasteiger partial charge is 0.421 e. The van der Waals surface area contributed by atoms with Crippen LogP contribution < -0.4 is 5.63 Å². The maximum absolute atomic E-state index is 10.8. The Balaban J connectivity index is 2.55. The zero-order chi connectivity index (χ0) is 8.39. The molecule has 0 aliphatic rings. The van der Waals surface area contributed by atoms with Gasteiger partial charge in [-0.3, -0.25) is 0 Å². The second kappa shape index (κ2) is 2.91. The van der Waals surface area contributed by atoms with Crippen molar-refractivity contribution < 1.29 is 4.42 Å². The molecule has 60 valence electrons. The predicted molar refractivity (Wildman–Crippen MR) is 46.1 cm³/mol. The molecule has 0 amide bonds. The van der Waals surface area contributed by atoms with Crippen LogP contribution in [0.5, 0.6) is 0 Å². The normalized spacial score (nSPS) is 10.0. The highest BCUT2D eigenvalue weighted by Gasteiger charge is 2.00. The third-order valence-corrected chi connectivity index (χ3v) is 1.96. The SMILES string of the molecule is O=c1cccc(-c2cscn2)o1. The number of rotatable bonds is 1. The van der Waals surface area contributed by atoms with E-state index >= 15 is 0 Å². The van der Waals surface area contributed by atoms with Crippen molar-refractivity contribution in [3.63, 3.8) is 0 Å². The smallest absolute Gasteiger partial charge is 0.336 e. The van der Waals surface area contributed by atoms with Gasteiger partial charge >= 0.3 is 5.63 Å². The van der Waals surface area contributed by atoms with E-state index in [9.17, 15) is 4.79 Å². The molecule has 0 aromatic carbocycles. The lowest BCUT2D eigenvalue weighted by atomic mass is 10.3. The van der Waals surface area contributed by atoms with Gasteiger partial charge < -0.3 is 4.42 Å². The van der Waals surface area contributed by atoms with Gasteiger partial charge in [-0.15, -0.1) is 11.3 Å². The summed E-state index contributed by atoms with van der Waals surface area (Å²) in [5, 5.41) is 1.83. The molecule has 4 heteroatoms. The molecular formula is C8H5NO2S. The lowest BCUT2D eigenvalue weighted by molar-refractivity contribution is 0.524. The minimum atomic E-state index is -0.347. The van der Waals surface area contributed by atoms with Crippen LogP contribution in [0.1, 0.15) is 0 Å². The average Bonchev–Trinajstić information content (AvgIpc) is 2.56. The van der Waals surface area contributed by atoms with E-state index in [1.54, 1.807) is 17.6 Å². The summed E-state index contributed by atoms with van der Waals surface area (Å²) in [6.07, 6.45) is 0. The molecular weight excluding hydrogens is 174 g/mol. The van der Waals surface area contributed by atoms with E-state index in [0.717, 1.165) is 0 Å². The zero-order valence-electron chi connectivity index (χ0n) is 6.06. The number of aromatic nitrogens is 1. The van der Waals surface area contributed by atoms with Gasteiger partial charge in [0.2, 0.25) is 0 Å². The Morgan fingerprint density at radius 3 is 3.00 bits per heavy atom. The third kappa shape index (κ3) is 1.29. The molecule has 0 saturated heterocycles. The quantitative estimate of drug-likeness (QED) is 0.670. The van der Waals surface area contributed by atoms with Gasteiger partial charge in [-0.1, -0.05) is 6.07 Å². The van der Waals surface area contributed by atoms with Crippen LogP contribution in [-0.4, -0.2) is 4.98 Å². The monoisotopic (exact) mass is 179 g/mol. The zero-order valence-corrected chi connectivity index (χ0v) is 6.88. The fraction of sp³-hybridized carbons (Fsp3) is 0. The number of nitrogens with zero attached hydrogens (tertiary/aromatic N) is 1. The van der Waals surface area contributed by atoms with Crippen LogP contribution >= 0.6 is 11.3 Å². The molecule has 2 heterocycles. The van der Waals surface area contributed by atoms with Crippen molar-refractivity contribution in [2.45, 2.75) is 0 Å². The first-order chi connectivity index (χ1) is 5.86. The number of hydrogen-bond donors (Lipinski definition) is 0. The minimum Gasteiger partial charge on any atom is -0.421 e. The van der Waals surface area contributed by atoms with Crippen molar-refractivity contribution in [1.82, 2.24) is 4.98 Å². The van der Waals surface area contributed by atoms with Crippen LogP contribution in [0.2, 0.25) is 0 Å². The molecule has 0 atom stereocenters. The van der Waals surface area contributed by atoms with Gasteiger partial charge in [0.1, 0.15) is 5.69 Å². The predicted octanol–water partition coefficient (Wildman–Crippen LogP) is 1.76. The molecule has 0 saturated carbocycles. The van der Waals surface area contributed by atoms with Gasteiger partial charge in [-0.2, -0.15) is 0 Å². The van der Waals surface area contributed by atoms with Crippen molar-refractivity contribution >= 4 is 11.3 Å². The fourth-order valence-corrected chi connectivity index (χ4v) is 1.40. The van der Waals surface area contributed by atoms with Crippen LogP contribution in [0.25, 0.3) is 11.5 Å². The maximum atomic E-state index is 10.8. The van der Waals surface area contributed by atoms with Crippen LogP contribution in [0, 0.1) is 0 Å². The highest BCUT2D eigenvalue weighted by atomic mass is 32.1. The lowest BCUT2D eigenvalue weighted by Gasteiger charge is -1.91. The third-order valence-electron chi connectivity index (χ3n) is 1.38. The van der Waals surface area contributed by atoms with Crippen molar-refractivity contribution in [2.24, 2.45) is 0 Å². The topological polar surface area (TPSA) is 43.1 Å². The summed E-state index contributed by atoms with van der Waals surface area (Å²) in [5.41, 5.74) is 2.06. The van der Waals surface area contributed by atoms with Crippen molar-refractivity contribution in [3.05, 3.63) is 39.5 Å². The standard InChI is InChI=1S/C8H5NO2S/c10-8-3-1-2-7(11-8)6-4-12-5-9-6/h1-5H. The molecule has 0 aliphatic heterocycles. The highest BCUT2D eigenvalue weighted by Crippen LogP contribution is 2.16. The van der Waals surface area contributed by atoms with Gasteiger partial charge in [0.25, 0.3) is 0 Å². The van der Waals surface area contributed by atoms with Gasteiger partial charge in [-0.05, 0) is 6.07 Å². The highest BCUT2D eigenvalue weighted by molar-refractivity contribution is 7.07. The first-order valence-electron chi connectivity index (χ1n) is 3.35. The summed E-state index contributed by atoms with van der Waals surface area (Å²) in [6, 6.07) is 4.74. The molecule has 0 spiro atoms. The minimum absolute atomic E-state index is 0.347. The molecule has 12 heavy (non-hydrogen) atoms. The average molecular weight is 179 g/mol. The van der Waals surface area contributed by atoms with E-state index in [4.69, 9.17) is 4.42 Å². The Morgan fingerprint density at radius 2 is 2.33 bits per heavy atom. The number of thiazole rings is 1. The summed E-state index contributed by atoms with van der Waals surface area (Å²) in [5.74, 6) is 0.517. The first kappa shape index (κ1) is 7.24. The van der Waals surface area contributed by atoms with Crippen molar-refractivity contribution in [1.29, 1.82) is 0 Å². The molecule has 0 aliphatic carbocycles. The van der Waals surface area contributed by atoms with E-state index in [-0.39, 0.29) is 5.63 Å². The van der Waals surface area contributed by atoms with Crippen LogP contribution in [0.4, 0.5) is 0 Å². The molecule has 0 bridgehead atoms. The van der Waals surface area contributed by atoms with E-state index in [2.05, 4.69) is 4.98 Å². The van der Waals surface area contributed by atoms with E-state index in [1.807, 2.05) is 5.38 Å². The Kier molecular flexibility index (Phi) is 1.75. The Hall–Kier alpha value is -1.42. The van der Waals surface area contributed by atoms with Crippen LogP contribution in [0.15, 0.2) is 38.3 Å². The van der Waals surface area contributed by atoms with Crippen molar-refractivity contribution in [2.75, 3.05) is 0 Å². The van der Waals surface area contributed by atoms with Gasteiger partial charge in [0.05, 0.1) is 5.51 Å². The molecule has 0 unspecified atom stereocenters. The summed E-state index contributed by atoms with van der Waals surface area (Å²) in [6.45, 7) is 0. The van der Waals surface area contributed by atoms with Gasteiger partial charge in [-0.25, -0.2) is 9.78 Å². The van der Waals surface area contributed by atoms with Crippen molar-refractivity contribution in [3.8, 4) is 11.5 Å². The first-order valence-corrected chi connectivity index (χ1v) is 4.29. The molecule has 0 N–H and O–H groups in total. The molecule has 2 aromatic heterocycles. The Labute approximate surface area is 72.3 Å². The Morgan fingerprint density at radius 1 is 1.42 bits per heavy atom. The molecule has 2 aromatic rings. The summed E-state index contributed by atoms with van der Waals surface area (Å²) in [4.78, 5) is 14.8. The van der Waals surface area contributed by atoms with Crippen LogP contribution in [-0.2, 0) is 0 Å². The van der Waals surface area contributed by atoms with E-state index in [0.29, 0.717) is 11.5 Å². The summed E-state index contributed by atoms with van der Waals surface area (Å²) >= 11 is 1.47. The van der Waals surface area contributed by atoms with Gasteiger partial charge in [0, 0.05) is 11.4 Å². The van der Waals surface area contributed by atoms with E-state index in [1.165, 1.54) is 17.4 Å². The lowest BCUT2D eigenvalue weighted by Crippen LogP contribution is -1.94. The Bertz CT molecular complexity index is 419.